The number of alkyl halides is 3. The molecular weight excluding hydrogens is 299 g/mol. The van der Waals surface area contributed by atoms with Crippen LogP contribution in [0.5, 0.6) is 0 Å². The van der Waals surface area contributed by atoms with Gasteiger partial charge in [-0.15, -0.1) is 0 Å². The van der Waals surface area contributed by atoms with Gasteiger partial charge in [-0.3, -0.25) is 0 Å². The van der Waals surface area contributed by atoms with Crippen LogP contribution >= 0.6 is 0 Å². The summed E-state index contributed by atoms with van der Waals surface area (Å²) in [5, 5.41) is 0. The third-order valence-corrected chi connectivity index (χ3v) is 4.21. The van der Waals surface area contributed by atoms with E-state index >= 15 is 0 Å². The van der Waals surface area contributed by atoms with Crippen molar-refractivity contribution in [3.05, 3.63) is 52.7 Å². The Kier molecular flexibility index (Phi) is 2.67. The lowest BCUT2D eigenvalue weighted by molar-refractivity contribution is -0.660. The molecule has 0 atom stereocenters. The van der Waals surface area contributed by atoms with Crippen molar-refractivity contribution in [3.8, 4) is 11.3 Å². The summed E-state index contributed by atoms with van der Waals surface area (Å²) in [6.45, 7) is -1.44. The van der Waals surface area contributed by atoms with Crippen molar-refractivity contribution < 1.29 is 26.0 Å². The maximum Gasteiger partial charge on any atom is 0.397 e. The molecule has 4 heteroatoms. The second-order valence-corrected chi connectivity index (χ2v) is 6.25. The summed E-state index contributed by atoms with van der Waals surface area (Å²) >= 11 is 0. The first-order chi connectivity index (χ1) is 12.9. The highest BCUT2D eigenvalue weighted by molar-refractivity contribution is 5.63. The Labute approximate surface area is 144 Å². The number of aryl methyl sites for hydroxylation is 4. The normalized spacial score (nSPS) is 17.5. The SMILES string of the molecule is [2H]C([2H])([2H])c1cc(-c2ccc(C(C)(C)C(F)(F)F)cc2C)[n+](C)cc1C([2H])([2H])[2H]. The van der Waals surface area contributed by atoms with Gasteiger partial charge in [-0.1, -0.05) is 12.1 Å². The predicted octanol–water partition coefficient (Wildman–Crippen LogP) is 4.94. The van der Waals surface area contributed by atoms with Crippen LogP contribution in [-0.2, 0) is 12.5 Å². The second kappa shape index (κ2) is 5.66. The van der Waals surface area contributed by atoms with E-state index in [-0.39, 0.29) is 16.7 Å². The highest BCUT2D eigenvalue weighted by Gasteiger charge is 2.48. The number of benzene rings is 1. The Morgan fingerprint density at radius 3 is 2.17 bits per heavy atom. The molecule has 0 aliphatic carbocycles. The minimum atomic E-state index is -4.43. The van der Waals surface area contributed by atoms with E-state index in [0.29, 0.717) is 16.8 Å². The molecular formula is C19H23F3N+. The first-order valence-electron chi connectivity index (χ1n) is 10.1. The lowest BCUT2D eigenvalue weighted by Crippen LogP contribution is -2.36. The molecule has 0 saturated heterocycles. The molecule has 0 aliphatic rings. The lowest BCUT2D eigenvalue weighted by atomic mass is 9.82. The summed E-state index contributed by atoms with van der Waals surface area (Å²) in [5.74, 6) is 0. The van der Waals surface area contributed by atoms with Crippen LogP contribution in [0.2, 0.25) is 0 Å². The summed E-state index contributed by atoms with van der Waals surface area (Å²) in [5.41, 5.74) is -1.10. The zero-order chi connectivity index (χ0) is 22.6. The zero-order valence-corrected chi connectivity index (χ0v) is 13.5. The molecule has 0 radical (unpaired) electrons. The average molecular weight is 328 g/mol. The Morgan fingerprint density at radius 2 is 1.65 bits per heavy atom. The summed E-state index contributed by atoms with van der Waals surface area (Å²) in [7, 11) is 1.57. The standard InChI is InChI=1S/C19H23F3N/c1-12-10-17(23(6)11-14(12)3)16-8-7-15(9-13(16)2)18(4,5)19(20,21)22/h7-11H,1-6H3/q+1/i1D3,3D3. The van der Waals surface area contributed by atoms with Gasteiger partial charge >= 0.3 is 6.18 Å². The Bertz CT molecular complexity index is 927. The van der Waals surface area contributed by atoms with Gasteiger partial charge in [0.1, 0.15) is 7.05 Å². The lowest BCUT2D eigenvalue weighted by Gasteiger charge is -2.28. The minimum absolute atomic E-state index is 0.0871. The van der Waals surface area contributed by atoms with Crippen LogP contribution < -0.4 is 4.57 Å². The van der Waals surface area contributed by atoms with E-state index in [1.165, 1.54) is 35.0 Å². The highest BCUT2D eigenvalue weighted by atomic mass is 19.4. The Morgan fingerprint density at radius 1 is 1.00 bits per heavy atom. The van der Waals surface area contributed by atoms with Crippen molar-refractivity contribution in [2.24, 2.45) is 7.05 Å². The molecule has 1 heterocycles. The molecule has 23 heavy (non-hydrogen) atoms. The highest BCUT2D eigenvalue weighted by Crippen LogP contribution is 2.41. The van der Waals surface area contributed by atoms with Crippen LogP contribution in [-0.4, -0.2) is 6.18 Å². The Hall–Kier alpha value is -1.84. The van der Waals surface area contributed by atoms with Crippen molar-refractivity contribution in [1.29, 1.82) is 0 Å². The summed E-state index contributed by atoms with van der Waals surface area (Å²) < 4.78 is 87.6. The maximum absolute atomic E-state index is 13.4. The van der Waals surface area contributed by atoms with E-state index in [2.05, 4.69) is 0 Å². The van der Waals surface area contributed by atoms with Gasteiger partial charge < -0.3 is 0 Å². The largest absolute Gasteiger partial charge is 0.397 e. The van der Waals surface area contributed by atoms with Gasteiger partial charge in [0.2, 0.25) is 5.69 Å². The minimum Gasteiger partial charge on any atom is -0.201 e. The maximum atomic E-state index is 13.4. The molecule has 1 nitrogen and oxygen atoms in total. The molecule has 0 N–H and O–H groups in total. The molecule has 0 fully saturated rings. The van der Waals surface area contributed by atoms with Crippen LogP contribution in [0.3, 0.4) is 0 Å². The molecule has 0 saturated carbocycles. The molecule has 2 aromatic rings. The van der Waals surface area contributed by atoms with E-state index in [9.17, 15) is 13.2 Å². The molecule has 1 aromatic heterocycles. The topological polar surface area (TPSA) is 3.88 Å². The van der Waals surface area contributed by atoms with Crippen LogP contribution in [0.25, 0.3) is 11.3 Å². The molecule has 0 spiro atoms. The van der Waals surface area contributed by atoms with Crippen molar-refractivity contribution in [2.75, 3.05) is 0 Å². The number of hydrogen-bond acceptors (Lipinski definition) is 0. The molecule has 0 amide bonds. The molecule has 2 rings (SSSR count). The van der Waals surface area contributed by atoms with Gasteiger partial charge in [0.15, 0.2) is 6.20 Å². The number of aromatic nitrogens is 1. The number of rotatable bonds is 2. The van der Waals surface area contributed by atoms with E-state index in [4.69, 9.17) is 8.22 Å². The van der Waals surface area contributed by atoms with Gasteiger partial charge in [-0.05, 0) is 57.2 Å². The zero-order valence-electron chi connectivity index (χ0n) is 19.5. The molecule has 124 valence electrons. The third kappa shape index (κ3) is 3.12. The Balaban J connectivity index is 2.70. The van der Waals surface area contributed by atoms with Crippen LogP contribution in [0.1, 0.15) is 44.3 Å². The van der Waals surface area contributed by atoms with Crippen molar-refractivity contribution >= 4 is 0 Å². The fourth-order valence-corrected chi connectivity index (χ4v) is 2.42. The number of pyridine rings is 1. The van der Waals surface area contributed by atoms with E-state index in [0.717, 1.165) is 13.8 Å². The van der Waals surface area contributed by atoms with E-state index < -0.39 is 25.3 Å². The molecule has 0 aliphatic heterocycles. The van der Waals surface area contributed by atoms with Crippen LogP contribution in [0.15, 0.2) is 30.5 Å². The van der Waals surface area contributed by atoms with Crippen molar-refractivity contribution in [2.45, 2.75) is 46.1 Å². The fourth-order valence-electron chi connectivity index (χ4n) is 2.42. The summed E-state index contributed by atoms with van der Waals surface area (Å²) in [6.07, 6.45) is -3.18. The number of nitrogens with zero attached hydrogens (tertiary/aromatic N) is 1. The number of hydrogen-bond donors (Lipinski definition) is 0. The second-order valence-electron chi connectivity index (χ2n) is 6.25. The predicted molar refractivity (Wildman–Crippen MR) is 86.3 cm³/mol. The van der Waals surface area contributed by atoms with Crippen molar-refractivity contribution in [3.63, 3.8) is 0 Å². The number of halogens is 3. The van der Waals surface area contributed by atoms with Crippen LogP contribution in [0, 0.1) is 20.6 Å². The molecule has 1 aromatic carbocycles. The first kappa shape index (κ1) is 10.8. The van der Waals surface area contributed by atoms with Crippen LogP contribution in [0.4, 0.5) is 13.2 Å². The first-order valence-corrected chi connectivity index (χ1v) is 7.10. The van der Waals surface area contributed by atoms with Gasteiger partial charge in [-0.25, -0.2) is 4.57 Å². The van der Waals surface area contributed by atoms with Gasteiger partial charge in [-0.2, -0.15) is 13.2 Å². The fraction of sp³-hybridized carbons (Fsp3) is 0.421. The molecule has 0 bridgehead atoms. The third-order valence-electron chi connectivity index (χ3n) is 4.21. The monoisotopic (exact) mass is 328 g/mol. The van der Waals surface area contributed by atoms with E-state index in [1.54, 1.807) is 14.0 Å². The van der Waals surface area contributed by atoms with Crippen molar-refractivity contribution in [1.82, 2.24) is 0 Å². The average Bonchev–Trinajstić information content (AvgIpc) is 2.51. The van der Waals surface area contributed by atoms with Gasteiger partial charge in [0, 0.05) is 25.4 Å². The quantitative estimate of drug-likeness (QED) is 0.687. The molecule has 0 unspecified atom stereocenters. The summed E-state index contributed by atoms with van der Waals surface area (Å²) in [6, 6.07) is 5.58. The van der Waals surface area contributed by atoms with Gasteiger partial charge in [0.05, 0.1) is 5.41 Å². The van der Waals surface area contributed by atoms with Gasteiger partial charge in [0.25, 0.3) is 0 Å². The smallest absolute Gasteiger partial charge is 0.201 e. The van der Waals surface area contributed by atoms with E-state index in [1.807, 2.05) is 0 Å². The summed E-state index contributed by atoms with van der Waals surface area (Å²) in [4.78, 5) is 0.